The second kappa shape index (κ2) is 9.55. The lowest BCUT2D eigenvalue weighted by Crippen LogP contribution is -2.59. The molecule has 0 spiro atoms. The van der Waals surface area contributed by atoms with Crippen LogP contribution < -0.4 is 5.19 Å². The van der Waals surface area contributed by atoms with E-state index in [0.29, 0.717) is 13.2 Å². The number of carbonyl (C=O) groups is 1. The Labute approximate surface area is 175 Å². The second-order valence-electron chi connectivity index (χ2n) is 8.54. The van der Waals surface area contributed by atoms with E-state index in [0.717, 1.165) is 0 Å². The first kappa shape index (κ1) is 21.5. The Kier molecular flexibility index (Phi) is 7.09. The lowest BCUT2D eigenvalue weighted by Gasteiger charge is -2.47. The number of ether oxygens (including phenoxy) is 2. The average molecular weight is 409 g/mol. The van der Waals surface area contributed by atoms with Gasteiger partial charge in [0.1, 0.15) is 6.10 Å². The zero-order valence-corrected chi connectivity index (χ0v) is 18.9. The Morgan fingerprint density at radius 1 is 1.07 bits per heavy atom. The van der Waals surface area contributed by atoms with Crippen molar-refractivity contribution in [1.82, 2.24) is 0 Å². The van der Waals surface area contributed by atoms with Gasteiger partial charge in [0.15, 0.2) is 0 Å². The van der Waals surface area contributed by atoms with Gasteiger partial charge in [-0.2, -0.15) is 0 Å². The molecule has 3 rings (SSSR count). The minimum Gasteiger partial charge on any atom is -0.457 e. The summed E-state index contributed by atoms with van der Waals surface area (Å²) in [5, 5.41) is 1.37. The highest BCUT2D eigenvalue weighted by molar-refractivity contribution is 6.91. The van der Waals surface area contributed by atoms with E-state index in [4.69, 9.17) is 9.47 Å². The van der Waals surface area contributed by atoms with Crippen LogP contribution in [-0.4, -0.2) is 26.8 Å². The second-order valence-corrected chi connectivity index (χ2v) is 13.2. The quantitative estimate of drug-likeness (QED) is 0.335. The smallest absolute Gasteiger partial charge is 0.313 e. The molecule has 3 nitrogen and oxygen atoms in total. The summed E-state index contributed by atoms with van der Waals surface area (Å²) in [7, 11) is -1.96. The van der Waals surface area contributed by atoms with Gasteiger partial charge in [0.25, 0.3) is 0 Å². The number of cyclic esters (lactones) is 1. The lowest BCUT2D eigenvalue weighted by molar-refractivity contribution is -0.180. The average Bonchev–Trinajstić information content (AvgIpc) is 2.73. The van der Waals surface area contributed by atoms with Gasteiger partial charge in [0, 0.05) is 6.61 Å². The van der Waals surface area contributed by atoms with E-state index in [2.05, 4.69) is 62.5 Å². The highest BCUT2D eigenvalue weighted by Gasteiger charge is 2.53. The monoisotopic (exact) mass is 408 g/mol. The first-order valence-corrected chi connectivity index (χ1v) is 13.5. The molecule has 1 fully saturated rings. The van der Waals surface area contributed by atoms with Gasteiger partial charge < -0.3 is 9.47 Å². The van der Waals surface area contributed by atoms with Gasteiger partial charge in [-0.25, -0.2) is 0 Å². The molecule has 0 aliphatic carbocycles. The fourth-order valence-electron chi connectivity index (χ4n) is 4.66. The molecule has 2 aromatic carbocycles. The van der Waals surface area contributed by atoms with Crippen LogP contribution in [0.25, 0.3) is 0 Å². The first-order valence-electron chi connectivity index (χ1n) is 10.5. The van der Waals surface area contributed by atoms with Gasteiger partial charge in [-0.3, -0.25) is 4.79 Å². The molecule has 29 heavy (non-hydrogen) atoms. The summed E-state index contributed by atoms with van der Waals surface area (Å²) < 4.78 is 11.6. The summed E-state index contributed by atoms with van der Waals surface area (Å²) in [5.74, 6) is 0.0964. The van der Waals surface area contributed by atoms with Crippen molar-refractivity contribution < 1.29 is 14.3 Å². The van der Waals surface area contributed by atoms with E-state index in [1.165, 1.54) is 10.8 Å². The molecule has 2 aromatic rings. The highest BCUT2D eigenvalue weighted by atomic mass is 28.3. The van der Waals surface area contributed by atoms with Gasteiger partial charge >= 0.3 is 5.97 Å². The fourth-order valence-corrected chi connectivity index (χ4v) is 8.84. The third kappa shape index (κ3) is 4.88. The predicted octanol–water partition coefficient (Wildman–Crippen LogP) is 4.94. The van der Waals surface area contributed by atoms with Crippen molar-refractivity contribution in [1.29, 1.82) is 0 Å². The largest absolute Gasteiger partial charge is 0.457 e. The third-order valence-electron chi connectivity index (χ3n) is 6.10. The Morgan fingerprint density at radius 3 is 2.28 bits per heavy atom. The number of esters is 1. The molecule has 0 saturated carbocycles. The lowest BCUT2D eigenvalue weighted by atomic mass is 9.86. The van der Waals surface area contributed by atoms with Crippen molar-refractivity contribution in [2.75, 3.05) is 6.61 Å². The van der Waals surface area contributed by atoms with Crippen LogP contribution in [0.5, 0.6) is 0 Å². The maximum absolute atomic E-state index is 12.6. The van der Waals surface area contributed by atoms with Gasteiger partial charge in [0.2, 0.25) is 0 Å². The van der Waals surface area contributed by atoms with Crippen LogP contribution in [-0.2, 0) is 20.9 Å². The standard InChI is InChI=1S/C25H32O3Si/c1-5-12-22-23(25(26)28-22)24(29(3,4)21-15-10-7-11-16-21)19(2)17-27-18-20-13-8-6-9-14-20/h5-16,19,22-24H,17-18H2,1-4H3/b12-5+/t19-,22?,23+,24+/m0/s1. The summed E-state index contributed by atoms with van der Waals surface area (Å²) in [6.07, 6.45) is 3.88. The zero-order valence-electron chi connectivity index (χ0n) is 17.9. The number of rotatable bonds is 9. The zero-order chi connectivity index (χ0) is 20.9. The maximum Gasteiger partial charge on any atom is 0.313 e. The van der Waals surface area contributed by atoms with Crippen LogP contribution in [0.4, 0.5) is 0 Å². The predicted molar refractivity (Wildman–Crippen MR) is 121 cm³/mol. The molecule has 1 aliphatic heterocycles. The van der Waals surface area contributed by atoms with E-state index in [1.807, 2.05) is 37.3 Å². The van der Waals surface area contributed by atoms with Gasteiger partial charge in [-0.15, -0.1) is 0 Å². The van der Waals surface area contributed by atoms with E-state index in [-0.39, 0.29) is 29.5 Å². The molecule has 4 atom stereocenters. The molecule has 4 heteroatoms. The van der Waals surface area contributed by atoms with Crippen LogP contribution in [0, 0.1) is 11.8 Å². The van der Waals surface area contributed by atoms with Crippen molar-refractivity contribution in [3.8, 4) is 0 Å². The topological polar surface area (TPSA) is 35.5 Å². The molecular weight excluding hydrogens is 376 g/mol. The minimum absolute atomic E-state index is 0.0653. The molecular formula is C25H32O3Si. The van der Waals surface area contributed by atoms with Gasteiger partial charge in [-0.1, -0.05) is 91.9 Å². The minimum atomic E-state index is -1.96. The Morgan fingerprint density at radius 2 is 1.69 bits per heavy atom. The fraction of sp³-hybridized carbons (Fsp3) is 0.400. The molecule has 1 aliphatic rings. The Bertz CT molecular complexity index is 816. The summed E-state index contributed by atoms with van der Waals surface area (Å²) in [6.45, 7) is 10.2. The molecule has 0 aromatic heterocycles. The molecule has 1 heterocycles. The molecule has 0 N–H and O–H groups in total. The number of allylic oxidation sites excluding steroid dienone is 1. The summed E-state index contributed by atoms with van der Waals surface area (Å²) in [6, 6.07) is 20.9. The normalized spacial score (nSPS) is 21.4. The van der Waals surface area contributed by atoms with Crippen molar-refractivity contribution in [2.24, 2.45) is 11.8 Å². The maximum atomic E-state index is 12.6. The van der Waals surface area contributed by atoms with Crippen molar-refractivity contribution in [3.63, 3.8) is 0 Å². The van der Waals surface area contributed by atoms with E-state index < -0.39 is 8.07 Å². The van der Waals surface area contributed by atoms with Crippen molar-refractivity contribution in [2.45, 2.75) is 45.2 Å². The van der Waals surface area contributed by atoms with Crippen LogP contribution in [0.3, 0.4) is 0 Å². The van der Waals surface area contributed by atoms with Gasteiger partial charge in [-0.05, 0) is 30.0 Å². The van der Waals surface area contributed by atoms with Crippen LogP contribution in [0.15, 0.2) is 72.8 Å². The summed E-state index contributed by atoms with van der Waals surface area (Å²) >= 11 is 0. The number of carbonyl (C=O) groups excluding carboxylic acids is 1. The molecule has 1 unspecified atom stereocenters. The highest BCUT2D eigenvalue weighted by Crippen LogP contribution is 2.45. The Hall–Kier alpha value is -2.17. The van der Waals surface area contributed by atoms with Crippen LogP contribution in [0.1, 0.15) is 19.4 Å². The molecule has 1 saturated heterocycles. The van der Waals surface area contributed by atoms with E-state index in [9.17, 15) is 4.79 Å². The summed E-state index contributed by atoms with van der Waals surface area (Å²) in [4.78, 5) is 12.6. The van der Waals surface area contributed by atoms with Crippen molar-refractivity contribution >= 4 is 19.2 Å². The number of hydrogen-bond donors (Lipinski definition) is 0. The molecule has 154 valence electrons. The Balaban J connectivity index is 1.81. The molecule has 0 amide bonds. The number of benzene rings is 2. The van der Waals surface area contributed by atoms with E-state index >= 15 is 0 Å². The molecule has 0 radical (unpaired) electrons. The SMILES string of the molecule is C/C=C/C1OC(=O)[C@H]1[C@@H]([C@@H](C)COCc1ccccc1)[Si](C)(C)c1ccccc1. The van der Waals surface area contributed by atoms with E-state index in [1.54, 1.807) is 0 Å². The first-order chi connectivity index (χ1) is 13.9. The van der Waals surface area contributed by atoms with Gasteiger partial charge in [0.05, 0.1) is 20.6 Å². The number of hydrogen-bond acceptors (Lipinski definition) is 3. The van der Waals surface area contributed by atoms with Crippen molar-refractivity contribution in [3.05, 3.63) is 78.4 Å². The van der Waals surface area contributed by atoms with Crippen LogP contribution >= 0.6 is 0 Å². The third-order valence-corrected chi connectivity index (χ3v) is 10.5. The molecule has 0 bridgehead atoms. The van der Waals surface area contributed by atoms with Crippen LogP contribution in [0.2, 0.25) is 18.6 Å². The summed E-state index contributed by atoms with van der Waals surface area (Å²) in [5.41, 5.74) is 1.41.